The number of ether oxygens (including phenoxy) is 1. The van der Waals surface area contributed by atoms with Crippen LogP contribution in [0.3, 0.4) is 0 Å². The lowest BCUT2D eigenvalue weighted by Crippen LogP contribution is -2.25. The molecule has 3 rings (SSSR count). The van der Waals surface area contributed by atoms with Crippen LogP contribution in [0, 0.1) is 0 Å². The average Bonchev–Trinajstić information content (AvgIpc) is 2.35. The van der Waals surface area contributed by atoms with Crippen LogP contribution in [0.1, 0.15) is 22.6 Å². The Balaban J connectivity index is 1.84. The summed E-state index contributed by atoms with van der Waals surface area (Å²) in [7, 11) is 0. The molecule has 0 radical (unpaired) electrons. The first-order valence-electron chi connectivity index (χ1n) is 6.95. The number of hydrogen-bond acceptors (Lipinski definition) is 1. The summed E-state index contributed by atoms with van der Waals surface area (Å²) in [5.74, 6) is -2.68. The first-order valence-corrected chi connectivity index (χ1v) is 8.13. The van der Waals surface area contributed by atoms with E-state index in [4.69, 9.17) is 16.3 Å². The van der Waals surface area contributed by atoms with Crippen molar-refractivity contribution in [2.24, 2.45) is 0 Å². The molecule has 0 bridgehead atoms. The maximum absolute atomic E-state index is 14.5. The lowest BCUT2D eigenvalue weighted by molar-refractivity contribution is -0.00401. The van der Waals surface area contributed by atoms with Crippen LogP contribution in [0.25, 0.3) is 0 Å². The molecule has 0 aliphatic carbocycles. The smallest absolute Gasteiger partial charge is 0.278 e. The van der Waals surface area contributed by atoms with Gasteiger partial charge in [-0.1, -0.05) is 57.9 Å². The summed E-state index contributed by atoms with van der Waals surface area (Å²) < 4.78 is 34.9. The standard InChI is InChI=1S/C17H14BrClF2O/c18-14-4-5-15(16(19)7-14)17(20,21)8-11-2-1-3-12(6-11)13-9-22-10-13/h1-7,13H,8-10H2. The van der Waals surface area contributed by atoms with Gasteiger partial charge in [0, 0.05) is 22.4 Å². The highest BCUT2D eigenvalue weighted by Crippen LogP contribution is 2.38. The molecular weight excluding hydrogens is 374 g/mol. The number of benzene rings is 2. The molecule has 1 aliphatic rings. The van der Waals surface area contributed by atoms with Crippen molar-refractivity contribution in [3.05, 3.63) is 68.7 Å². The van der Waals surface area contributed by atoms with Gasteiger partial charge >= 0.3 is 0 Å². The minimum Gasteiger partial charge on any atom is -0.380 e. The molecule has 0 N–H and O–H groups in total. The highest BCUT2D eigenvalue weighted by molar-refractivity contribution is 9.10. The van der Waals surface area contributed by atoms with Crippen molar-refractivity contribution in [2.45, 2.75) is 18.3 Å². The number of rotatable bonds is 4. The summed E-state index contributed by atoms with van der Waals surface area (Å²) in [6, 6.07) is 11.8. The normalized spacial score (nSPS) is 15.6. The van der Waals surface area contributed by atoms with E-state index in [1.165, 1.54) is 12.1 Å². The van der Waals surface area contributed by atoms with Crippen LogP contribution < -0.4 is 0 Å². The zero-order valence-corrected chi connectivity index (χ0v) is 14.0. The molecule has 22 heavy (non-hydrogen) atoms. The zero-order valence-electron chi connectivity index (χ0n) is 11.7. The van der Waals surface area contributed by atoms with Crippen molar-refractivity contribution >= 4 is 27.5 Å². The first kappa shape index (κ1) is 15.9. The van der Waals surface area contributed by atoms with Gasteiger partial charge < -0.3 is 4.74 Å². The van der Waals surface area contributed by atoms with E-state index in [0.717, 1.165) is 5.56 Å². The van der Waals surface area contributed by atoms with Crippen molar-refractivity contribution in [3.63, 3.8) is 0 Å². The molecule has 5 heteroatoms. The van der Waals surface area contributed by atoms with Crippen molar-refractivity contribution < 1.29 is 13.5 Å². The molecule has 2 aromatic carbocycles. The molecule has 1 fully saturated rings. The molecule has 0 spiro atoms. The maximum atomic E-state index is 14.5. The highest BCUT2D eigenvalue weighted by Gasteiger charge is 2.34. The fraction of sp³-hybridized carbons (Fsp3) is 0.294. The van der Waals surface area contributed by atoms with Crippen LogP contribution in [0.2, 0.25) is 5.02 Å². The van der Waals surface area contributed by atoms with Crippen molar-refractivity contribution in [2.75, 3.05) is 13.2 Å². The Kier molecular flexibility index (Phi) is 4.53. The Hall–Kier alpha value is -0.970. The second-order valence-electron chi connectivity index (χ2n) is 5.48. The summed E-state index contributed by atoms with van der Waals surface area (Å²) in [6.45, 7) is 1.33. The molecule has 0 saturated carbocycles. The fourth-order valence-corrected chi connectivity index (χ4v) is 3.33. The quantitative estimate of drug-likeness (QED) is 0.668. The van der Waals surface area contributed by atoms with Gasteiger partial charge in [0.25, 0.3) is 5.92 Å². The topological polar surface area (TPSA) is 9.23 Å². The third kappa shape index (κ3) is 3.34. The van der Waals surface area contributed by atoms with E-state index in [-0.39, 0.29) is 17.0 Å². The van der Waals surface area contributed by atoms with E-state index in [0.29, 0.717) is 29.2 Å². The molecule has 116 valence electrons. The van der Waals surface area contributed by atoms with Crippen molar-refractivity contribution in [1.29, 1.82) is 0 Å². The molecule has 0 unspecified atom stereocenters. The number of alkyl halides is 2. The van der Waals surface area contributed by atoms with Gasteiger partial charge in [-0.15, -0.1) is 0 Å². The summed E-state index contributed by atoms with van der Waals surface area (Å²) in [4.78, 5) is 0. The maximum Gasteiger partial charge on any atom is 0.278 e. The minimum absolute atomic E-state index is 0.0722. The Morgan fingerprint density at radius 3 is 2.59 bits per heavy atom. The van der Waals surface area contributed by atoms with Gasteiger partial charge in [-0.2, -0.15) is 0 Å². The minimum atomic E-state index is -3.01. The van der Waals surface area contributed by atoms with Crippen LogP contribution in [0.5, 0.6) is 0 Å². The van der Waals surface area contributed by atoms with Gasteiger partial charge in [-0.05, 0) is 23.3 Å². The molecule has 1 aliphatic heterocycles. The lowest BCUT2D eigenvalue weighted by Gasteiger charge is -2.27. The molecule has 0 amide bonds. The SMILES string of the molecule is FC(F)(Cc1cccc(C2COC2)c1)c1ccc(Br)cc1Cl. The molecule has 0 atom stereocenters. The van der Waals surface area contributed by atoms with E-state index in [9.17, 15) is 8.78 Å². The average molecular weight is 388 g/mol. The van der Waals surface area contributed by atoms with Crippen LogP contribution in [-0.4, -0.2) is 13.2 Å². The predicted molar refractivity (Wildman–Crippen MR) is 86.8 cm³/mol. The summed E-state index contributed by atoms with van der Waals surface area (Å²) in [6.07, 6.45) is -0.365. The first-order chi connectivity index (χ1) is 10.5. The Morgan fingerprint density at radius 1 is 1.18 bits per heavy atom. The summed E-state index contributed by atoms with van der Waals surface area (Å²) in [5, 5.41) is 0.0722. The van der Waals surface area contributed by atoms with Crippen molar-refractivity contribution in [1.82, 2.24) is 0 Å². The van der Waals surface area contributed by atoms with E-state index < -0.39 is 5.92 Å². The molecule has 2 aromatic rings. The highest BCUT2D eigenvalue weighted by atomic mass is 79.9. The largest absolute Gasteiger partial charge is 0.380 e. The fourth-order valence-electron chi connectivity index (χ4n) is 2.52. The van der Waals surface area contributed by atoms with Crippen LogP contribution in [0.4, 0.5) is 8.78 Å². The second kappa shape index (κ2) is 6.26. The molecule has 1 nitrogen and oxygen atoms in total. The van der Waals surface area contributed by atoms with Crippen LogP contribution >= 0.6 is 27.5 Å². The number of hydrogen-bond donors (Lipinski definition) is 0. The zero-order chi connectivity index (χ0) is 15.7. The van der Waals surface area contributed by atoms with Gasteiger partial charge in [0.05, 0.1) is 18.2 Å². The third-order valence-corrected chi connectivity index (χ3v) is 4.62. The third-order valence-electron chi connectivity index (χ3n) is 3.81. The van der Waals surface area contributed by atoms with Crippen LogP contribution in [-0.2, 0) is 17.1 Å². The van der Waals surface area contributed by atoms with E-state index in [2.05, 4.69) is 15.9 Å². The van der Waals surface area contributed by atoms with Gasteiger partial charge in [0.15, 0.2) is 0 Å². The molecule has 0 aromatic heterocycles. The molecule has 1 saturated heterocycles. The van der Waals surface area contributed by atoms with Gasteiger partial charge in [0.1, 0.15) is 0 Å². The number of halogens is 4. The van der Waals surface area contributed by atoms with Gasteiger partial charge in [0.2, 0.25) is 0 Å². The van der Waals surface area contributed by atoms with E-state index >= 15 is 0 Å². The predicted octanol–water partition coefficient (Wildman–Crippen LogP) is 5.55. The Bertz CT molecular complexity index is 686. The van der Waals surface area contributed by atoms with Gasteiger partial charge in [-0.25, -0.2) is 8.78 Å². The molecule has 1 heterocycles. The monoisotopic (exact) mass is 386 g/mol. The van der Waals surface area contributed by atoms with Crippen molar-refractivity contribution in [3.8, 4) is 0 Å². The Morgan fingerprint density at radius 2 is 1.95 bits per heavy atom. The summed E-state index contributed by atoms with van der Waals surface area (Å²) in [5.41, 5.74) is 1.52. The lowest BCUT2D eigenvalue weighted by atomic mass is 9.93. The van der Waals surface area contributed by atoms with Crippen LogP contribution in [0.15, 0.2) is 46.9 Å². The van der Waals surface area contributed by atoms with Gasteiger partial charge in [-0.3, -0.25) is 0 Å². The molecular formula is C17H14BrClF2O. The summed E-state index contributed by atoms with van der Waals surface area (Å²) >= 11 is 9.20. The Labute approximate surface area is 141 Å². The second-order valence-corrected chi connectivity index (χ2v) is 6.81. The van der Waals surface area contributed by atoms with E-state index in [1.54, 1.807) is 12.1 Å². The van der Waals surface area contributed by atoms with E-state index in [1.807, 2.05) is 18.2 Å².